The number of guanidine groups is 1. The van der Waals surface area contributed by atoms with E-state index in [-0.39, 0.29) is 24.0 Å². The lowest BCUT2D eigenvalue weighted by molar-refractivity contribution is 0.00752. The van der Waals surface area contributed by atoms with Crippen molar-refractivity contribution in [2.75, 3.05) is 46.4 Å². The van der Waals surface area contributed by atoms with Gasteiger partial charge < -0.3 is 15.4 Å². The zero-order valence-electron chi connectivity index (χ0n) is 17.4. The predicted molar refractivity (Wildman–Crippen MR) is 126 cm³/mol. The van der Waals surface area contributed by atoms with Crippen LogP contribution in [0.3, 0.4) is 0 Å². The molecule has 0 bridgehead atoms. The Morgan fingerprint density at radius 3 is 2.56 bits per heavy atom. The molecule has 6 nitrogen and oxygen atoms in total. The second kappa shape index (κ2) is 12.9. The smallest absolute Gasteiger partial charge is 0.191 e. The maximum Gasteiger partial charge on any atom is 0.191 e. The molecule has 0 spiro atoms. The first-order chi connectivity index (χ1) is 12.5. The van der Waals surface area contributed by atoms with E-state index in [2.05, 4.69) is 48.2 Å². The van der Waals surface area contributed by atoms with Crippen LogP contribution in [0, 0.1) is 12.8 Å². The maximum atomic E-state index is 5.49. The van der Waals surface area contributed by atoms with E-state index in [1.54, 1.807) is 0 Å². The largest absolute Gasteiger partial charge is 0.379 e. The third-order valence-corrected chi connectivity index (χ3v) is 5.96. The monoisotopic (exact) mass is 509 g/mol. The summed E-state index contributed by atoms with van der Waals surface area (Å²) in [4.78, 5) is 12.9. The second-order valence-corrected chi connectivity index (χ2v) is 8.34. The molecule has 0 amide bonds. The summed E-state index contributed by atoms with van der Waals surface area (Å²) >= 11 is 1.81. The fourth-order valence-corrected chi connectivity index (χ4v) is 4.35. The van der Waals surface area contributed by atoms with Gasteiger partial charge in [-0.2, -0.15) is 0 Å². The van der Waals surface area contributed by atoms with Gasteiger partial charge in [-0.15, -0.1) is 35.3 Å². The van der Waals surface area contributed by atoms with Crippen LogP contribution in [0.5, 0.6) is 0 Å². The molecule has 0 aromatic carbocycles. The van der Waals surface area contributed by atoms with Crippen molar-refractivity contribution in [2.45, 2.75) is 46.6 Å². The van der Waals surface area contributed by atoms with E-state index in [0.717, 1.165) is 58.2 Å². The first kappa shape index (κ1) is 24.6. The molecule has 2 heterocycles. The van der Waals surface area contributed by atoms with E-state index in [0.29, 0.717) is 12.0 Å². The van der Waals surface area contributed by atoms with Crippen LogP contribution in [0.15, 0.2) is 4.99 Å². The Morgan fingerprint density at radius 2 is 2.00 bits per heavy atom. The van der Waals surface area contributed by atoms with Gasteiger partial charge in [0.1, 0.15) is 0 Å². The lowest BCUT2D eigenvalue weighted by Gasteiger charge is -2.37. The molecule has 156 valence electrons. The van der Waals surface area contributed by atoms with Crippen molar-refractivity contribution in [1.29, 1.82) is 0 Å². The third kappa shape index (κ3) is 7.83. The normalized spacial score (nSPS) is 16.9. The molecule has 1 fully saturated rings. The molecule has 2 rings (SSSR count). The van der Waals surface area contributed by atoms with Crippen molar-refractivity contribution in [2.24, 2.45) is 10.9 Å². The van der Waals surface area contributed by atoms with Crippen LogP contribution >= 0.6 is 35.3 Å². The van der Waals surface area contributed by atoms with Crippen molar-refractivity contribution >= 4 is 41.3 Å². The highest BCUT2D eigenvalue weighted by Gasteiger charge is 2.23. The molecular formula is C19H36IN5OS. The highest BCUT2D eigenvalue weighted by atomic mass is 127. The molecule has 27 heavy (non-hydrogen) atoms. The van der Waals surface area contributed by atoms with Gasteiger partial charge in [0.2, 0.25) is 0 Å². The molecule has 1 saturated heterocycles. The van der Waals surface area contributed by atoms with Crippen LogP contribution in [-0.4, -0.2) is 68.3 Å². The van der Waals surface area contributed by atoms with E-state index in [4.69, 9.17) is 9.72 Å². The molecule has 1 aliphatic heterocycles. The number of hydrogen-bond acceptors (Lipinski definition) is 5. The van der Waals surface area contributed by atoms with Gasteiger partial charge in [-0.1, -0.05) is 20.8 Å². The fraction of sp³-hybridized carbons (Fsp3) is 0.789. The Morgan fingerprint density at radius 1 is 1.30 bits per heavy atom. The molecule has 1 aromatic rings. The van der Waals surface area contributed by atoms with Gasteiger partial charge in [0, 0.05) is 50.6 Å². The van der Waals surface area contributed by atoms with Crippen molar-refractivity contribution in [3.8, 4) is 0 Å². The summed E-state index contributed by atoms with van der Waals surface area (Å²) in [6.45, 7) is 14.3. The summed E-state index contributed by atoms with van der Waals surface area (Å²) in [7, 11) is 1.83. The van der Waals surface area contributed by atoms with Crippen LogP contribution in [0.2, 0.25) is 0 Å². The molecule has 0 saturated carbocycles. The highest BCUT2D eigenvalue weighted by Crippen LogP contribution is 2.18. The Balaban J connectivity index is 0.00000364. The van der Waals surface area contributed by atoms with Gasteiger partial charge in [-0.25, -0.2) is 4.98 Å². The number of nitrogens with one attached hydrogen (secondary N) is 2. The number of hydrogen-bond donors (Lipinski definition) is 2. The fourth-order valence-electron chi connectivity index (χ4n) is 3.33. The summed E-state index contributed by atoms with van der Waals surface area (Å²) in [6.07, 6.45) is 1.94. The first-order valence-electron chi connectivity index (χ1n) is 9.76. The Hall–Kier alpha value is -0.450. The Kier molecular flexibility index (Phi) is 11.7. The lowest BCUT2D eigenvalue weighted by atomic mass is 10.0. The van der Waals surface area contributed by atoms with Crippen LogP contribution in [0.1, 0.15) is 36.3 Å². The standard InChI is InChI=1S/C19H35N5OS.HI/c1-6-16-15(4)26-18(23-16)7-8-21-19(20-5)22-13-17(14(2)3)24-9-11-25-12-10-24;/h14,17H,6-13H2,1-5H3,(H2,20,21,22);1H. The minimum atomic E-state index is 0. The van der Waals surface area contributed by atoms with Gasteiger partial charge in [-0.3, -0.25) is 9.89 Å². The molecule has 1 atom stereocenters. The summed E-state index contributed by atoms with van der Waals surface area (Å²) in [5.41, 5.74) is 1.23. The quantitative estimate of drug-likeness (QED) is 0.321. The zero-order valence-corrected chi connectivity index (χ0v) is 20.5. The van der Waals surface area contributed by atoms with Crippen molar-refractivity contribution < 1.29 is 4.74 Å². The van der Waals surface area contributed by atoms with Crippen LogP contribution in [-0.2, 0) is 17.6 Å². The molecule has 1 unspecified atom stereocenters. The highest BCUT2D eigenvalue weighted by molar-refractivity contribution is 14.0. The summed E-state index contributed by atoms with van der Waals surface area (Å²) in [5.74, 6) is 1.46. The minimum Gasteiger partial charge on any atom is -0.379 e. The van der Waals surface area contributed by atoms with Crippen LogP contribution in [0.25, 0.3) is 0 Å². The zero-order chi connectivity index (χ0) is 18.9. The number of aliphatic imine (C=N–C) groups is 1. The van der Waals surface area contributed by atoms with Gasteiger partial charge in [0.15, 0.2) is 5.96 Å². The van der Waals surface area contributed by atoms with Crippen molar-refractivity contribution in [3.05, 3.63) is 15.6 Å². The maximum absolute atomic E-state index is 5.49. The lowest BCUT2D eigenvalue weighted by Crippen LogP contribution is -2.52. The van der Waals surface area contributed by atoms with Gasteiger partial charge >= 0.3 is 0 Å². The van der Waals surface area contributed by atoms with E-state index >= 15 is 0 Å². The summed E-state index contributed by atoms with van der Waals surface area (Å²) < 4.78 is 5.49. The van der Waals surface area contributed by atoms with E-state index < -0.39 is 0 Å². The van der Waals surface area contributed by atoms with Gasteiger partial charge in [0.05, 0.1) is 23.9 Å². The molecule has 1 aliphatic rings. The molecular weight excluding hydrogens is 473 g/mol. The number of nitrogens with zero attached hydrogens (tertiary/aromatic N) is 3. The third-order valence-electron chi connectivity index (χ3n) is 4.89. The van der Waals surface area contributed by atoms with E-state index in [1.807, 2.05) is 18.4 Å². The predicted octanol–water partition coefficient (Wildman–Crippen LogP) is 2.70. The Labute approximate surface area is 185 Å². The number of ether oxygens (including phenoxy) is 1. The molecule has 0 radical (unpaired) electrons. The van der Waals surface area contributed by atoms with Crippen molar-refractivity contribution in [3.63, 3.8) is 0 Å². The minimum absolute atomic E-state index is 0. The average Bonchev–Trinajstić information content (AvgIpc) is 3.00. The van der Waals surface area contributed by atoms with E-state index in [9.17, 15) is 0 Å². The number of aryl methyl sites for hydroxylation is 2. The van der Waals surface area contributed by atoms with Gasteiger partial charge in [0.25, 0.3) is 0 Å². The molecule has 2 N–H and O–H groups in total. The molecule has 0 aliphatic carbocycles. The SMILES string of the molecule is CCc1nc(CCNC(=NC)NCC(C(C)C)N2CCOCC2)sc1C.I. The average molecular weight is 510 g/mol. The number of aromatic nitrogens is 1. The summed E-state index contributed by atoms with van der Waals surface area (Å²) in [5, 5.41) is 8.13. The number of morpholine rings is 1. The van der Waals surface area contributed by atoms with E-state index in [1.165, 1.54) is 15.6 Å². The number of thiazole rings is 1. The summed E-state index contributed by atoms with van der Waals surface area (Å²) in [6, 6.07) is 0.492. The molecule has 8 heteroatoms. The number of halogens is 1. The second-order valence-electron chi connectivity index (χ2n) is 7.05. The first-order valence-corrected chi connectivity index (χ1v) is 10.6. The number of rotatable bonds is 8. The van der Waals surface area contributed by atoms with Crippen LogP contribution < -0.4 is 10.6 Å². The topological polar surface area (TPSA) is 61.8 Å². The molecule has 1 aromatic heterocycles. The van der Waals surface area contributed by atoms with Crippen molar-refractivity contribution in [1.82, 2.24) is 20.5 Å². The van der Waals surface area contributed by atoms with Gasteiger partial charge in [-0.05, 0) is 19.3 Å². The Bertz CT molecular complexity index is 572. The van der Waals surface area contributed by atoms with Crippen LogP contribution in [0.4, 0.5) is 0 Å².